The highest BCUT2D eigenvalue weighted by Gasteiger charge is 2.28. The van der Waals surface area contributed by atoms with Crippen LogP contribution in [0.2, 0.25) is 0 Å². The van der Waals surface area contributed by atoms with Crippen LogP contribution in [0.15, 0.2) is 47.4 Å². The molecule has 12 heteroatoms. The van der Waals surface area contributed by atoms with Gasteiger partial charge < -0.3 is 19.5 Å². The number of hydrogen-bond donors (Lipinski definition) is 1. The number of nitro groups is 1. The Bertz CT molecular complexity index is 1100. The SMILES string of the molecule is CCOc1ccc(S(=O)(=O)N2CCCN(c3ccc([N+](=O)[O-])c(OCC(=O)O)c3)CC2)cc1. The summed E-state index contributed by atoms with van der Waals surface area (Å²) >= 11 is 0. The van der Waals surface area contributed by atoms with Crippen LogP contribution in [0.25, 0.3) is 0 Å². The van der Waals surface area contributed by atoms with Gasteiger partial charge in [0.2, 0.25) is 10.0 Å². The predicted molar refractivity (Wildman–Crippen MR) is 119 cm³/mol. The molecule has 1 heterocycles. The zero-order valence-corrected chi connectivity index (χ0v) is 18.9. The smallest absolute Gasteiger partial charge is 0.341 e. The van der Waals surface area contributed by atoms with E-state index in [-0.39, 0.29) is 22.9 Å². The van der Waals surface area contributed by atoms with Crippen molar-refractivity contribution in [2.24, 2.45) is 0 Å². The molecule has 2 aromatic rings. The molecule has 0 aromatic heterocycles. The molecule has 3 rings (SSSR count). The number of sulfonamides is 1. The normalized spacial score (nSPS) is 15.0. The van der Waals surface area contributed by atoms with Crippen LogP contribution >= 0.6 is 0 Å². The number of carboxylic acid groups (broad SMARTS) is 1. The van der Waals surface area contributed by atoms with Crippen molar-refractivity contribution < 1.29 is 32.7 Å². The first-order chi connectivity index (χ1) is 15.7. The van der Waals surface area contributed by atoms with Gasteiger partial charge in [0.05, 0.1) is 16.4 Å². The van der Waals surface area contributed by atoms with Gasteiger partial charge >= 0.3 is 11.7 Å². The Morgan fingerprint density at radius 1 is 1.09 bits per heavy atom. The fraction of sp³-hybridized carbons (Fsp3) is 0.381. The van der Waals surface area contributed by atoms with Crippen molar-refractivity contribution in [3.05, 3.63) is 52.6 Å². The Hall–Kier alpha value is -3.38. The van der Waals surface area contributed by atoms with Gasteiger partial charge in [-0.25, -0.2) is 13.2 Å². The molecule has 0 radical (unpaired) electrons. The summed E-state index contributed by atoms with van der Waals surface area (Å²) in [6.45, 7) is 3.04. The number of hydrogen-bond acceptors (Lipinski definition) is 8. The second kappa shape index (κ2) is 10.5. The second-order valence-corrected chi connectivity index (χ2v) is 9.18. The Labute approximate surface area is 191 Å². The van der Waals surface area contributed by atoms with Crippen LogP contribution in [-0.2, 0) is 14.8 Å². The third kappa shape index (κ3) is 5.90. The molecule has 0 saturated carbocycles. The summed E-state index contributed by atoms with van der Waals surface area (Å²) in [6.07, 6.45) is 0.540. The molecule has 33 heavy (non-hydrogen) atoms. The van der Waals surface area contributed by atoms with Crippen LogP contribution < -0.4 is 14.4 Å². The molecule has 1 N–H and O–H groups in total. The van der Waals surface area contributed by atoms with Crippen molar-refractivity contribution in [1.82, 2.24) is 4.31 Å². The zero-order chi connectivity index (χ0) is 24.0. The van der Waals surface area contributed by atoms with Crippen molar-refractivity contribution >= 4 is 27.4 Å². The van der Waals surface area contributed by atoms with Gasteiger partial charge in [0.1, 0.15) is 5.75 Å². The Morgan fingerprint density at radius 2 is 1.82 bits per heavy atom. The number of rotatable bonds is 9. The Morgan fingerprint density at radius 3 is 2.45 bits per heavy atom. The number of anilines is 1. The van der Waals surface area contributed by atoms with Crippen molar-refractivity contribution in [2.45, 2.75) is 18.2 Å². The van der Waals surface area contributed by atoms with E-state index in [4.69, 9.17) is 14.6 Å². The number of carboxylic acids is 1. The number of nitrogens with zero attached hydrogens (tertiary/aromatic N) is 3. The molecule has 0 aliphatic carbocycles. The topological polar surface area (TPSA) is 140 Å². The van der Waals surface area contributed by atoms with Gasteiger partial charge in [-0.2, -0.15) is 4.31 Å². The standard InChI is InChI=1S/C21H25N3O8S/c1-2-31-17-5-7-18(8-6-17)33(29,30)23-11-3-10-22(12-13-23)16-4-9-19(24(27)28)20(14-16)32-15-21(25)26/h4-9,14H,2-3,10-13,15H2,1H3,(H,25,26). The number of ether oxygens (including phenoxy) is 2. The molecule has 1 aliphatic rings. The third-order valence-electron chi connectivity index (χ3n) is 5.08. The van der Waals surface area contributed by atoms with Crippen molar-refractivity contribution in [2.75, 3.05) is 44.3 Å². The summed E-state index contributed by atoms with van der Waals surface area (Å²) in [5, 5.41) is 20.1. The Kier molecular flexibility index (Phi) is 7.71. The third-order valence-corrected chi connectivity index (χ3v) is 7.00. The monoisotopic (exact) mass is 479 g/mol. The second-order valence-electron chi connectivity index (χ2n) is 7.24. The fourth-order valence-electron chi connectivity index (χ4n) is 3.52. The number of aliphatic carboxylic acids is 1. The van der Waals surface area contributed by atoms with Crippen molar-refractivity contribution in [3.8, 4) is 11.5 Å². The van der Waals surface area contributed by atoms with Crippen LogP contribution in [-0.4, -0.2) is 68.1 Å². The van der Waals surface area contributed by atoms with E-state index in [1.165, 1.54) is 28.6 Å². The maximum atomic E-state index is 13.1. The summed E-state index contributed by atoms with van der Waals surface area (Å²) in [5.41, 5.74) is 0.246. The van der Waals surface area contributed by atoms with Crippen molar-refractivity contribution in [3.63, 3.8) is 0 Å². The number of nitro benzene ring substituents is 1. The highest BCUT2D eigenvalue weighted by atomic mass is 32.2. The zero-order valence-electron chi connectivity index (χ0n) is 18.0. The summed E-state index contributed by atoms with van der Waals surface area (Å²) in [4.78, 5) is 23.5. The van der Waals surface area contributed by atoms with Crippen LogP contribution in [0.4, 0.5) is 11.4 Å². The van der Waals surface area contributed by atoms with Crippen LogP contribution in [0.5, 0.6) is 11.5 Å². The molecule has 2 aromatic carbocycles. The molecule has 1 saturated heterocycles. The number of benzene rings is 2. The quantitative estimate of drug-likeness (QED) is 0.424. The Balaban J connectivity index is 1.76. The lowest BCUT2D eigenvalue weighted by Gasteiger charge is -2.24. The van der Waals surface area contributed by atoms with Gasteiger partial charge in [-0.05, 0) is 43.7 Å². The average molecular weight is 480 g/mol. The minimum atomic E-state index is -3.70. The van der Waals surface area contributed by atoms with Gasteiger partial charge in [-0.1, -0.05) is 0 Å². The van der Waals surface area contributed by atoms with Crippen LogP contribution in [0.1, 0.15) is 13.3 Å². The largest absolute Gasteiger partial charge is 0.494 e. The summed E-state index contributed by atoms with van der Waals surface area (Å²) in [7, 11) is -3.70. The molecule has 0 spiro atoms. The molecule has 178 valence electrons. The van der Waals surface area contributed by atoms with E-state index in [0.717, 1.165) is 0 Å². The highest BCUT2D eigenvalue weighted by Crippen LogP contribution is 2.32. The van der Waals surface area contributed by atoms with E-state index in [9.17, 15) is 23.3 Å². The summed E-state index contributed by atoms with van der Waals surface area (Å²) in [6, 6.07) is 10.5. The van der Waals surface area contributed by atoms with Crippen LogP contribution in [0.3, 0.4) is 0 Å². The van der Waals surface area contributed by atoms with Gasteiger partial charge in [0.25, 0.3) is 0 Å². The highest BCUT2D eigenvalue weighted by molar-refractivity contribution is 7.89. The molecule has 1 aliphatic heterocycles. The lowest BCUT2D eigenvalue weighted by Crippen LogP contribution is -2.35. The van der Waals surface area contributed by atoms with Gasteiger partial charge in [0, 0.05) is 44.0 Å². The average Bonchev–Trinajstić information content (AvgIpc) is 3.05. The minimum Gasteiger partial charge on any atom is -0.494 e. The lowest BCUT2D eigenvalue weighted by atomic mass is 10.2. The van der Waals surface area contributed by atoms with Gasteiger partial charge in [-0.15, -0.1) is 0 Å². The maximum Gasteiger partial charge on any atom is 0.341 e. The van der Waals surface area contributed by atoms with E-state index in [0.29, 0.717) is 44.1 Å². The molecule has 0 unspecified atom stereocenters. The molecule has 0 atom stereocenters. The van der Waals surface area contributed by atoms with E-state index >= 15 is 0 Å². The molecule has 11 nitrogen and oxygen atoms in total. The van der Waals surface area contributed by atoms with Crippen molar-refractivity contribution in [1.29, 1.82) is 0 Å². The van der Waals surface area contributed by atoms with Gasteiger partial charge in [-0.3, -0.25) is 10.1 Å². The molecular weight excluding hydrogens is 454 g/mol. The predicted octanol–water partition coefficient (Wildman–Crippen LogP) is 2.36. The molecule has 1 fully saturated rings. The summed E-state index contributed by atoms with van der Waals surface area (Å²) < 4.78 is 38.1. The fourth-order valence-corrected chi connectivity index (χ4v) is 4.99. The van der Waals surface area contributed by atoms with E-state index in [2.05, 4.69) is 0 Å². The van der Waals surface area contributed by atoms with E-state index in [1.807, 2.05) is 11.8 Å². The number of carbonyl (C=O) groups is 1. The lowest BCUT2D eigenvalue weighted by molar-refractivity contribution is -0.385. The molecule has 0 bridgehead atoms. The van der Waals surface area contributed by atoms with Crippen LogP contribution in [0, 0.1) is 10.1 Å². The van der Waals surface area contributed by atoms with Gasteiger partial charge in [0.15, 0.2) is 12.4 Å². The summed E-state index contributed by atoms with van der Waals surface area (Å²) in [5.74, 6) is -0.805. The first-order valence-electron chi connectivity index (χ1n) is 10.3. The van der Waals surface area contributed by atoms with E-state index < -0.39 is 27.5 Å². The molecule has 0 amide bonds. The molecular formula is C21H25N3O8S. The maximum absolute atomic E-state index is 13.1. The van der Waals surface area contributed by atoms with E-state index in [1.54, 1.807) is 18.2 Å². The first kappa shape index (κ1) is 24.3. The first-order valence-corrected chi connectivity index (χ1v) is 11.8. The minimum absolute atomic E-state index is 0.150.